The molecule has 30 heavy (non-hydrogen) atoms. The van der Waals surface area contributed by atoms with E-state index >= 15 is 0 Å². The topological polar surface area (TPSA) is 83.6 Å². The summed E-state index contributed by atoms with van der Waals surface area (Å²) in [5.41, 5.74) is 0.362. The molecule has 0 bridgehead atoms. The van der Waals surface area contributed by atoms with Gasteiger partial charge in [0.25, 0.3) is 5.56 Å². The lowest BCUT2D eigenvalue weighted by Gasteiger charge is -2.40. The Morgan fingerprint density at radius 2 is 1.87 bits per heavy atom. The van der Waals surface area contributed by atoms with Crippen molar-refractivity contribution in [2.45, 2.75) is 25.9 Å². The first-order chi connectivity index (χ1) is 14.5. The molecule has 1 aromatic heterocycles. The third-order valence-electron chi connectivity index (χ3n) is 6.01. The number of nitrogens with zero attached hydrogens (tertiary/aromatic N) is 5. The van der Waals surface area contributed by atoms with Crippen LogP contribution in [0, 0.1) is 0 Å². The van der Waals surface area contributed by atoms with Gasteiger partial charge in [0.15, 0.2) is 0 Å². The van der Waals surface area contributed by atoms with Gasteiger partial charge in [-0.2, -0.15) is 5.10 Å². The maximum atomic E-state index is 12.3. The third-order valence-corrected chi connectivity index (χ3v) is 6.01. The van der Waals surface area contributed by atoms with E-state index in [1.54, 1.807) is 6.07 Å². The zero-order valence-electron chi connectivity index (χ0n) is 17.4. The van der Waals surface area contributed by atoms with Gasteiger partial charge in [0.1, 0.15) is 11.9 Å². The Kier molecular flexibility index (Phi) is 5.59. The Bertz CT molecular complexity index is 1160. The number of rotatable bonds is 5. The second-order valence-electron chi connectivity index (χ2n) is 7.77. The Labute approximate surface area is 174 Å². The van der Waals surface area contributed by atoms with Crippen LogP contribution in [0.1, 0.15) is 13.3 Å². The zero-order chi connectivity index (χ0) is 21.3. The number of aromatic nitrogens is 3. The molecule has 1 aliphatic rings. The third kappa shape index (κ3) is 3.82. The minimum atomic E-state index is -0.390. The predicted octanol–water partition coefficient (Wildman–Crippen LogP) is 1.40. The Morgan fingerprint density at radius 3 is 2.60 bits per heavy atom. The summed E-state index contributed by atoms with van der Waals surface area (Å²) in [6.07, 6.45) is 2.08. The fraction of sp³-hybridized carbons (Fsp3) is 0.409. The Balaban J connectivity index is 1.49. The molecule has 8 nitrogen and oxygen atoms in total. The first-order valence-corrected chi connectivity index (χ1v) is 10.3. The van der Waals surface area contributed by atoms with Crippen molar-refractivity contribution in [2.75, 3.05) is 31.1 Å². The van der Waals surface area contributed by atoms with E-state index in [-0.39, 0.29) is 23.0 Å². The van der Waals surface area contributed by atoms with E-state index in [9.17, 15) is 14.7 Å². The molecule has 4 rings (SSSR count). The van der Waals surface area contributed by atoms with Crippen molar-refractivity contribution in [1.82, 2.24) is 19.2 Å². The summed E-state index contributed by atoms with van der Waals surface area (Å²) >= 11 is 0. The standard InChI is InChI=1S/C22H27N5O3/c1-3-17(15-27-22(30)24(2)21(29)14-23-27)25-9-11-26(12-10-25)20-6-4-5-16-7-8-18(28)13-19(16)20/h4-8,13-14,17,28H,3,9-12,15H2,1-2H3. The van der Waals surface area contributed by atoms with Crippen LogP contribution in [0.25, 0.3) is 10.8 Å². The van der Waals surface area contributed by atoms with E-state index in [1.807, 2.05) is 18.2 Å². The number of hydrogen-bond donors (Lipinski definition) is 1. The van der Waals surface area contributed by atoms with Crippen LogP contribution in [0.3, 0.4) is 0 Å². The first kappa shape index (κ1) is 20.2. The number of phenolic OH excluding ortho intramolecular Hbond substituents is 1. The summed E-state index contributed by atoms with van der Waals surface area (Å²) in [4.78, 5) is 28.7. The number of hydrogen-bond acceptors (Lipinski definition) is 6. The summed E-state index contributed by atoms with van der Waals surface area (Å²) in [5.74, 6) is 0.273. The van der Waals surface area contributed by atoms with Crippen molar-refractivity contribution in [2.24, 2.45) is 7.05 Å². The lowest BCUT2D eigenvalue weighted by molar-refractivity contribution is 0.157. The molecule has 0 amide bonds. The monoisotopic (exact) mass is 409 g/mol. The molecule has 2 heterocycles. The van der Waals surface area contributed by atoms with E-state index in [1.165, 1.54) is 17.9 Å². The van der Waals surface area contributed by atoms with E-state index in [2.05, 4.69) is 34.0 Å². The molecule has 2 aromatic carbocycles. The SMILES string of the molecule is CCC(Cn1ncc(=O)n(C)c1=O)N1CCN(c2cccc3ccc(O)cc23)CC1. The lowest BCUT2D eigenvalue weighted by atomic mass is 10.1. The number of fused-ring (bicyclic) bond motifs is 1. The van der Waals surface area contributed by atoms with Crippen molar-refractivity contribution in [1.29, 1.82) is 0 Å². The van der Waals surface area contributed by atoms with Gasteiger partial charge in [-0.1, -0.05) is 25.1 Å². The molecule has 158 valence electrons. The fourth-order valence-corrected chi connectivity index (χ4v) is 4.20. The van der Waals surface area contributed by atoms with Gasteiger partial charge in [-0.3, -0.25) is 14.3 Å². The minimum Gasteiger partial charge on any atom is -0.508 e. The van der Waals surface area contributed by atoms with E-state index in [0.29, 0.717) is 6.54 Å². The van der Waals surface area contributed by atoms with E-state index in [4.69, 9.17) is 0 Å². The molecule has 0 aliphatic carbocycles. The van der Waals surface area contributed by atoms with Crippen LogP contribution >= 0.6 is 0 Å². The zero-order valence-corrected chi connectivity index (χ0v) is 17.4. The number of piperazine rings is 1. The summed E-state index contributed by atoms with van der Waals surface area (Å²) < 4.78 is 2.48. The highest BCUT2D eigenvalue weighted by atomic mass is 16.3. The van der Waals surface area contributed by atoms with Crippen molar-refractivity contribution >= 4 is 16.5 Å². The quantitative estimate of drug-likeness (QED) is 0.686. The van der Waals surface area contributed by atoms with Crippen LogP contribution in [0.15, 0.2) is 52.2 Å². The molecule has 1 unspecified atom stereocenters. The second kappa shape index (κ2) is 8.31. The first-order valence-electron chi connectivity index (χ1n) is 10.3. The Hall–Kier alpha value is -3.13. The molecule has 3 aromatic rings. The summed E-state index contributed by atoms with van der Waals surface area (Å²) in [5, 5.41) is 16.1. The molecule has 0 spiro atoms. The average molecular weight is 409 g/mol. The van der Waals surface area contributed by atoms with Gasteiger partial charge in [-0.05, 0) is 30.0 Å². The Morgan fingerprint density at radius 1 is 1.10 bits per heavy atom. The van der Waals surface area contributed by atoms with Crippen LogP contribution in [-0.2, 0) is 13.6 Å². The fourth-order valence-electron chi connectivity index (χ4n) is 4.20. The van der Waals surface area contributed by atoms with Gasteiger partial charge < -0.3 is 10.0 Å². The van der Waals surface area contributed by atoms with Gasteiger partial charge in [0, 0.05) is 50.3 Å². The smallest absolute Gasteiger partial charge is 0.347 e. The highest BCUT2D eigenvalue weighted by molar-refractivity contribution is 5.95. The molecule has 1 fully saturated rings. The number of anilines is 1. The molecule has 1 N–H and O–H groups in total. The minimum absolute atomic E-state index is 0.173. The van der Waals surface area contributed by atoms with E-state index in [0.717, 1.165) is 53.6 Å². The van der Waals surface area contributed by atoms with Gasteiger partial charge in [-0.25, -0.2) is 9.48 Å². The van der Waals surface area contributed by atoms with Crippen molar-refractivity contribution < 1.29 is 5.11 Å². The molecule has 1 atom stereocenters. The molecule has 1 aliphatic heterocycles. The lowest BCUT2D eigenvalue weighted by Crippen LogP contribution is -2.52. The summed E-state index contributed by atoms with van der Waals surface area (Å²) in [6, 6.07) is 11.9. The van der Waals surface area contributed by atoms with Gasteiger partial charge in [0.2, 0.25) is 0 Å². The van der Waals surface area contributed by atoms with Crippen LogP contribution in [-0.4, -0.2) is 56.6 Å². The summed E-state index contributed by atoms with van der Waals surface area (Å²) in [7, 11) is 1.48. The second-order valence-corrected chi connectivity index (χ2v) is 7.77. The maximum Gasteiger partial charge on any atom is 0.347 e. The van der Waals surface area contributed by atoms with Gasteiger partial charge >= 0.3 is 5.69 Å². The molecule has 0 saturated carbocycles. The molecular formula is C22H27N5O3. The highest BCUT2D eigenvalue weighted by Crippen LogP contribution is 2.30. The highest BCUT2D eigenvalue weighted by Gasteiger charge is 2.25. The average Bonchev–Trinajstić information content (AvgIpc) is 2.77. The number of aromatic hydroxyl groups is 1. The number of benzene rings is 2. The van der Waals surface area contributed by atoms with Crippen LogP contribution in [0.5, 0.6) is 5.75 Å². The maximum absolute atomic E-state index is 12.3. The van der Waals surface area contributed by atoms with Crippen molar-refractivity contribution in [3.8, 4) is 5.75 Å². The van der Waals surface area contributed by atoms with Gasteiger partial charge in [0.05, 0.1) is 6.54 Å². The van der Waals surface area contributed by atoms with Crippen LogP contribution < -0.4 is 16.1 Å². The largest absolute Gasteiger partial charge is 0.508 e. The summed E-state index contributed by atoms with van der Waals surface area (Å²) in [6.45, 7) is 6.04. The molecule has 1 saturated heterocycles. The van der Waals surface area contributed by atoms with Crippen molar-refractivity contribution in [3.05, 3.63) is 63.4 Å². The van der Waals surface area contributed by atoms with Gasteiger partial charge in [-0.15, -0.1) is 0 Å². The van der Waals surface area contributed by atoms with E-state index < -0.39 is 0 Å². The molecular weight excluding hydrogens is 382 g/mol. The van der Waals surface area contributed by atoms with Crippen molar-refractivity contribution in [3.63, 3.8) is 0 Å². The van der Waals surface area contributed by atoms with Crippen LogP contribution in [0.2, 0.25) is 0 Å². The predicted molar refractivity (Wildman–Crippen MR) is 117 cm³/mol. The normalized spacial score (nSPS) is 16.1. The molecule has 0 radical (unpaired) electrons. The van der Waals surface area contributed by atoms with Crippen LogP contribution in [0.4, 0.5) is 5.69 Å². The number of phenols is 1. The molecule has 8 heteroatoms.